The summed E-state index contributed by atoms with van der Waals surface area (Å²) in [6.45, 7) is 1.03. The van der Waals surface area contributed by atoms with Crippen LogP contribution in [0.25, 0.3) is 0 Å². The maximum atomic E-state index is 12.3. The molecule has 1 aromatic rings. The molecule has 0 amide bonds. The van der Waals surface area contributed by atoms with Crippen molar-refractivity contribution in [2.45, 2.75) is 30.9 Å². The summed E-state index contributed by atoms with van der Waals surface area (Å²) in [5.74, 6) is 0.133. The number of likely N-dealkylation sites (tertiary alicyclic amines) is 1. The molecule has 3 atom stereocenters. The van der Waals surface area contributed by atoms with Crippen LogP contribution >= 0.6 is 0 Å². The van der Waals surface area contributed by atoms with Crippen molar-refractivity contribution < 1.29 is 19.4 Å². The van der Waals surface area contributed by atoms with Crippen molar-refractivity contribution in [3.63, 3.8) is 0 Å². The van der Waals surface area contributed by atoms with Crippen LogP contribution in [0.5, 0.6) is 11.5 Å². The van der Waals surface area contributed by atoms with E-state index in [1.807, 2.05) is 0 Å². The van der Waals surface area contributed by atoms with Gasteiger partial charge in [0.2, 0.25) is 0 Å². The van der Waals surface area contributed by atoms with Gasteiger partial charge in [-0.1, -0.05) is 11.6 Å². The van der Waals surface area contributed by atoms with Gasteiger partial charge < -0.3 is 14.6 Å². The van der Waals surface area contributed by atoms with Gasteiger partial charge in [-0.25, -0.2) is 4.79 Å². The van der Waals surface area contributed by atoms with Crippen LogP contribution in [0.2, 0.25) is 0 Å². The summed E-state index contributed by atoms with van der Waals surface area (Å²) in [5, 5.41) is 9.97. The smallest absolute Gasteiger partial charge is 0.338 e. The lowest BCUT2D eigenvalue weighted by atomic mass is 9.75. The number of benzene rings is 1. The monoisotopic (exact) mass is 301 g/mol. The molecule has 1 aliphatic carbocycles. The molecule has 1 aromatic carbocycles. The Kier molecular flexibility index (Phi) is 2.94. The molecule has 1 saturated heterocycles. The highest BCUT2D eigenvalue weighted by Gasteiger charge is 2.47. The summed E-state index contributed by atoms with van der Waals surface area (Å²) >= 11 is 0. The average molecular weight is 301 g/mol. The number of ether oxygens (including phenoxy) is 2. The molecule has 0 bridgehead atoms. The molecule has 116 valence electrons. The standard InChI is InChI=1S/C17H19NO4/c1-18-6-5-9-3-4-13-15(16(9)18)10-8-14(21-2)12(19)7-11(10)17(20)22-13/h3,7-8,13,15-16,19H,4-6H2,1-2H3/t13-,15+,16+/m0/s1. The summed E-state index contributed by atoms with van der Waals surface area (Å²) in [5.41, 5.74) is 2.82. The van der Waals surface area contributed by atoms with E-state index in [-0.39, 0.29) is 29.8 Å². The van der Waals surface area contributed by atoms with Crippen LogP contribution in [-0.4, -0.2) is 48.8 Å². The van der Waals surface area contributed by atoms with Gasteiger partial charge in [0.15, 0.2) is 11.5 Å². The van der Waals surface area contributed by atoms with Crippen LogP contribution in [0.4, 0.5) is 0 Å². The number of hydrogen-bond acceptors (Lipinski definition) is 5. The molecule has 1 N–H and O–H groups in total. The number of nitrogens with zero attached hydrogens (tertiary/aromatic N) is 1. The number of hydrogen-bond donors (Lipinski definition) is 1. The molecule has 5 heteroatoms. The SMILES string of the molecule is COc1cc2c(cc1O)C(=O)O[C@H]1CC=C3CCN(C)[C@H]3[C@H]21. The van der Waals surface area contributed by atoms with Crippen LogP contribution in [-0.2, 0) is 4.74 Å². The second-order valence-electron chi connectivity index (χ2n) is 6.27. The minimum atomic E-state index is -0.355. The molecular weight excluding hydrogens is 282 g/mol. The zero-order valence-corrected chi connectivity index (χ0v) is 12.7. The highest BCUT2D eigenvalue weighted by Crippen LogP contribution is 2.47. The van der Waals surface area contributed by atoms with Gasteiger partial charge in [-0.3, -0.25) is 4.90 Å². The van der Waals surface area contributed by atoms with Crippen molar-refractivity contribution in [1.29, 1.82) is 0 Å². The number of likely N-dealkylation sites (N-methyl/N-ethyl adjacent to an activating group) is 1. The molecule has 5 nitrogen and oxygen atoms in total. The number of phenols is 1. The van der Waals surface area contributed by atoms with Gasteiger partial charge in [-0.15, -0.1) is 0 Å². The van der Waals surface area contributed by atoms with Gasteiger partial charge in [0, 0.05) is 24.9 Å². The number of carbonyl (C=O) groups is 1. The van der Waals surface area contributed by atoms with E-state index >= 15 is 0 Å². The predicted molar refractivity (Wildman–Crippen MR) is 80.3 cm³/mol. The van der Waals surface area contributed by atoms with Crippen LogP contribution in [0.1, 0.15) is 34.7 Å². The molecule has 0 saturated carbocycles. The molecule has 0 spiro atoms. The van der Waals surface area contributed by atoms with E-state index in [1.165, 1.54) is 18.7 Å². The average Bonchev–Trinajstić information content (AvgIpc) is 2.88. The molecule has 2 heterocycles. The molecule has 4 rings (SSSR count). The lowest BCUT2D eigenvalue weighted by Gasteiger charge is -2.41. The van der Waals surface area contributed by atoms with Gasteiger partial charge in [0.1, 0.15) is 6.10 Å². The van der Waals surface area contributed by atoms with E-state index < -0.39 is 0 Å². The van der Waals surface area contributed by atoms with Crippen LogP contribution in [0.15, 0.2) is 23.8 Å². The molecule has 1 fully saturated rings. The quantitative estimate of drug-likeness (QED) is 0.635. The number of esters is 1. The van der Waals surface area contributed by atoms with Crippen molar-refractivity contribution in [1.82, 2.24) is 4.90 Å². The number of carbonyl (C=O) groups excluding carboxylic acids is 1. The Morgan fingerprint density at radius 2 is 2.23 bits per heavy atom. The molecular formula is C17H19NO4. The zero-order chi connectivity index (χ0) is 15.4. The summed E-state index contributed by atoms with van der Waals surface area (Å²) in [7, 11) is 3.63. The Morgan fingerprint density at radius 1 is 1.41 bits per heavy atom. The van der Waals surface area contributed by atoms with Gasteiger partial charge in [-0.05, 0) is 31.2 Å². The lowest BCUT2D eigenvalue weighted by Crippen LogP contribution is -2.45. The third-order valence-corrected chi connectivity index (χ3v) is 5.15. The number of rotatable bonds is 1. The van der Waals surface area contributed by atoms with Crippen molar-refractivity contribution in [3.05, 3.63) is 34.9 Å². The van der Waals surface area contributed by atoms with Crippen molar-refractivity contribution in [2.75, 3.05) is 20.7 Å². The van der Waals surface area contributed by atoms with E-state index in [9.17, 15) is 9.90 Å². The normalized spacial score (nSPS) is 30.0. The van der Waals surface area contributed by atoms with Gasteiger partial charge in [0.25, 0.3) is 0 Å². The maximum Gasteiger partial charge on any atom is 0.338 e. The fourth-order valence-corrected chi connectivity index (χ4v) is 4.11. The Balaban J connectivity index is 1.88. The van der Waals surface area contributed by atoms with Crippen molar-refractivity contribution in [3.8, 4) is 11.5 Å². The Bertz CT molecular complexity index is 681. The second kappa shape index (κ2) is 4.74. The van der Waals surface area contributed by atoms with Gasteiger partial charge in [-0.2, -0.15) is 0 Å². The largest absolute Gasteiger partial charge is 0.504 e. The first-order chi connectivity index (χ1) is 10.6. The van der Waals surface area contributed by atoms with Crippen LogP contribution < -0.4 is 4.74 Å². The van der Waals surface area contributed by atoms with Gasteiger partial charge in [0.05, 0.1) is 12.7 Å². The molecule has 0 aromatic heterocycles. The van der Waals surface area contributed by atoms with Gasteiger partial charge >= 0.3 is 5.97 Å². The molecule has 3 aliphatic rings. The molecule has 0 unspecified atom stereocenters. The fraction of sp³-hybridized carbons (Fsp3) is 0.471. The molecule has 0 radical (unpaired) electrons. The van der Waals surface area contributed by atoms with Crippen molar-refractivity contribution in [2.24, 2.45) is 0 Å². The first kappa shape index (κ1) is 13.6. The number of aromatic hydroxyl groups is 1. The lowest BCUT2D eigenvalue weighted by molar-refractivity contribution is 0.00907. The van der Waals surface area contributed by atoms with E-state index in [0.29, 0.717) is 11.3 Å². The van der Waals surface area contributed by atoms with Crippen molar-refractivity contribution >= 4 is 5.97 Å². The van der Waals surface area contributed by atoms with Crippen LogP contribution in [0.3, 0.4) is 0 Å². The minimum Gasteiger partial charge on any atom is -0.504 e. The Labute approximate surface area is 129 Å². The van der Waals surface area contributed by atoms with Crippen LogP contribution in [0, 0.1) is 0 Å². The third-order valence-electron chi connectivity index (χ3n) is 5.15. The highest BCUT2D eigenvalue weighted by molar-refractivity contribution is 5.94. The predicted octanol–water partition coefficient (Wildman–Crippen LogP) is 2.06. The Hall–Kier alpha value is -2.01. The first-order valence-electron chi connectivity index (χ1n) is 7.61. The fourth-order valence-electron chi connectivity index (χ4n) is 4.11. The number of phenolic OH excluding ortho intramolecular Hbond substituents is 1. The summed E-state index contributed by atoms with van der Waals surface area (Å²) in [6, 6.07) is 3.54. The van der Waals surface area contributed by atoms with E-state index in [2.05, 4.69) is 18.0 Å². The summed E-state index contributed by atoms with van der Waals surface area (Å²) < 4.78 is 10.9. The number of fused-ring (bicyclic) bond motifs is 5. The third kappa shape index (κ3) is 1.78. The molecule has 22 heavy (non-hydrogen) atoms. The topological polar surface area (TPSA) is 59.0 Å². The maximum absolute atomic E-state index is 12.3. The second-order valence-corrected chi connectivity index (χ2v) is 6.27. The highest BCUT2D eigenvalue weighted by atomic mass is 16.5. The first-order valence-corrected chi connectivity index (χ1v) is 7.61. The molecule has 2 aliphatic heterocycles. The van der Waals surface area contributed by atoms with E-state index in [1.54, 1.807) is 6.07 Å². The summed E-state index contributed by atoms with van der Waals surface area (Å²) in [4.78, 5) is 14.6. The van der Waals surface area contributed by atoms with E-state index in [4.69, 9.17) is 9.47 Å². The van der Waals surface area contributed by atoms with E-state index in [0.717, 1.165) is 24.9 Å². The Morgan fingerprint density at radius 3 is 3.00 bits per heavy atom. The summed E-state index contributed by atoms with van der Waals surface area (Å²) in [6.07, 6.45) is 3.93. The minimum absolute atomic E-state index is 0.0250. The zero-order valence-electron chi connectivity index (χ0n) is 12.7. The number of methoxy groups -OCH3 is 1.